The van der Waals surface area contributed by atoms with Gasteiger partial charge in [-0.25, -0.2) is 0 Å². The third-order valence-electron chi connectivity index (χ3n) is 11.9. The molecule has 0 fully saturated rings. The van der Waals surface area contributed by atoms with Crippen LogP contribution in [0.5, 0.6) is 0 Å². The second kappa shape index (κ2) is 33.5. The van der Waals surface area contributed by atoms with Crippen molar-refractivity contribution in [2.24, 2.45) is 0 Å². The molecular formula is C72H60Ge5. The van der Waals surface area contributed by atoms with Crippen LogP contribution in [-0.4, -0.2) is 75.0 Å². The van der Waals surface area contributed by atoms with Gasteiger partial charge in [0, 0.05) is 0 Å². The Kier molecular flexibility index (Phi) is 24.6. The molecule has 0 aliphatic heterocycles. The minimum atomic E-state index is -1.63. The van der Waals surface area contributed by atoms with E-state index in [0.29, 0.717) is 0 Å². The Hall–Kier alpha value is -6.65. The fourth-order valence-corrected chi connectivity index (χ4v) is 25.7. The molecule has 77 heavy (non-hydrogen) atoms. The van der Waals surface area contributed by atoms with E-state index in [-0.39, 0.29) is 46.3 Å². The Morgan fingerprint density at radius 3 is 0.351 bits per heavy atom. The van der Waals surface area contributed by atoms with Crippen LogP contribution in [-0.2, 0) is 0 Å². The van der Waals surface area contributed by atoms with Crippen LogP contribution in [0.4, 0.5) is 0 Å². The van der Waals surface area contributed by atoms with Crippen molar-refractivity contribution in [3.05, 3.63) is 364 Å². The molecule has 0 saturated carbocycles. The first kappa shape index (κ1) is 56.6. The molecular weight excluding hydrogens is 1230 g/mol. The van der Waals surface area contributed by atoms with Crippen molar-refractivity contribution in [2.45, 2.75) is 0 Å². The van der Waals surface area contributed by atoms with Crippen LogP contribution in [0.2, 0.25) is 0 Å². The maximum absolute atomic E-state index is 2.27. The van der Waals surface area contributed by atoms with E-state index in [9.17, 15) is 0 Å². The zero-order valence-corrected chi connectivity index (χ0v) is 53.6. The molecule has 0 nitrogen and oxygen atoms in total. The van der Waals surface area contributed by atoms with Gasteiger partial charge in [0.25, 0.3) is 0 Å². The molecule has 0 heterocycles. The third-order valence-corrected chi connectivity index (χ3v) is 31.2. The summed E-state index contributed by atoms with van der Waals surface area (Å²) in [6.07, 6.45) is 0. The van der Waals surface area contributed by atoms with Crippen molar-refractivity contribution in [1.29, 1.82) is 0 Å². The van der Waals surface area contributed by atoms with E-state index in [2.05, 4.69) is 364 Å². The van der Waals surface area contributed by atoms with Gasteiger partial charge in [-0.05, 0) is 0 Å². The Morgan fingerprint density at radius 1 is 0.130 bits per heavy atom. The standard InChI is InChI=1S/2C18H15Ge.3C12H10Ge/c2*1-4-10-16(11-5-1)19(17-12-6-2-7-13-17)18-14-8-3-9-15-18;3*1-3-7-11(8-4-1)13-12-9-5-2-6-10-12/h2*1-15H;3*1-10H. The average Bonchev–Trinajstić information content (AvgIpc) is 3.51. The molecule has 0 aromatic heterocycles. The predicted molar refractivity (Wildman–Crippen MR) is 342 cm³/mol. The summed E-state index contributed by atoms with van der Waals surface area (Å²) in [5.74, 6) is 0. The molecule has 0 aliphatic rings. The Labute approximate surface area is 487 Å². The fraction of sp³-hybridized carbons (Fsp3) is 0. The molecule has 0 saturated heterocycles. The zero-order valence-electron chi connectivity index (χ0n) is 43.1. The van der Waals surface area contributed by atoms with Crippen molar-refractivity contribution >= 4 is 128 Å². The summed E-state index contributed by atoms with van der Waals surface area (Å²) in [6.45, 7) is 0. The molecule has 12 aromatic rings. The molecule has 0 atom stereocenters. The van der Waals surface area contributed by atoms with E-state index in [4.69, 9.17) is 0 Å². The van der Waals surface area contributed by atoms with Gasteiger partial charge in [-0.1, -0.05) is 0 Å². The van der Waals surface area contributed by atoms with E-state index in [1.165, 1.54) is 52.8 Å². The second-order valence-electron chi connectivity index (χ2n) is 17.5. The monoisotopic (exact) mass is 1290 g/mol. The van der Waals surface area contributed by atoms with Gasteiger partial charge in [-0.15, -0.1) is 0 Å². The van der Waals surface area contributed by atoms with Crippen LogP contribution in [0.15, 0.2) is 364 Å². The first-order valence-corrected chi connectivity index (χ1v) is 38.5. The molecule has 0 unspecified atom stereocenters. The number of rotatable bonds is 12. The van der Waals surface area contributed by atoms with Crippen molar-refractivity contribution in [2.75, 3.05) is 0 Å². The van der Waals surface area contributed by atoms with E-state index in [0.717, 1.165) is 0 Å². The van der Waals surface area contributed by atoms with E-state index >= 15 is 0 Å². The molecule has 0 aliphatic carbocycles. The zero-order chi connectivity index (χ0) is 52.6. The third kappa shape index (κ3) is 20.0. The second-order valence-corrected chi connectivity index (χ2v) is 36.8. The van der Waals surface area contributed by atoms with Crippen LogP contribution in [0.3, 0.4) is 0 Å². The Bertz CT molecular complexity index is 2760. The van der Waals surface area contributed by atoms with Crippen LogP contribution in [0.1, 0.15) is 0 Å². The Balaban J connectivity index is 0.000000129. The van der Waals surface area contributed by atoms with Gasteiger partial charge in [0.15, 0.2) is 0 Å². The first-order valence-electron chi connectivity index (χ1n) is 25.9. The predicted octanol–water partition coefficient (Wildman–Crippen LogP) is 8.43. The van der Waals surface area contributed by atoms with Gasteiger partial charge in [0.1, 0.15) is 0 Å². The molecule has 0 amide bonds. The van der Waals surface area contributed by atoms with E-state index < -0.39 is 28.7 Å². The summed E-state index contributed by atoms with van der Waals surface area (Å²) in [6, 6.07) is 130. The number of hydrogen-bond donors (Lipinski definition) is 0. The maximum atomic E-state index is 2.27. The van der Waals surface area contributed by atoms with Crippen molar-refractivity contribution in [3.63, 3.8) is 0 Å². The fourth-order valence-electron chi connectivity index (χ4n) is 8.26. The molecule has 8 radical (unpaired) electrons. The van der Waals surface area contributed by atoms with Crippen molar-refractivity contribution in [3.8, 4) is 0 Å². The Morgan fingerprint density at radius 2 is 0.234 bits per heavy atom. The van der Waals surface area contributed by atoms with Gasteiger partial charge >= 0.3 is 492 Å². The summed E-state index contributed by atoms with van der Waals surface area (Å²) >= 11 is -3.59. The van der Waals surface area contributed by atoms with E-state index in [1.807, 2.05) is 0 Å². The SMILES string of the molecule is c1cc[c]([Ge]([c]2ccccc2)[c]2ccccc2)cc1.c1cc[c]([Ge]([c]2ccccc2)[c]2ccccc2)cc1.c1cc[c]([Ge][c]2ccccc2)cc1.c1cc[c]([Ge][c]2ccccc2)cc1.c1cc[c]([Ge][c]2ccccc2)cc1. The summed E-state index contributed by atoms with van der Waals surface area (Å²) in [7, 11) is 0. The molecule has 5 heteroatoms. The van der Waals surface area contributed by atoms with Gasteiger partial charge in [0.2, 0.25) is 0 Å². The van der Waals surface area contributed by atoms with Crippen LogP contribution >= 0.6 is 0 Å². The summed E-state index contributed by atoms with van der Waals surface area (Å²) in [5.41, 5.74) is 0. The molecule has 0 bridgehead atoms. The molecule has 368 valence electrons. The summed E-state index contributed by atoms with van der Waals surface area (Å²) < 4.78 is 18.0. The number of hydrogen-bond acceptors (Lipinski definition) is 0. The molecule has 0 spiro atoms. The number of benzene rings is 12. The van der Waals surface area contributed by atoms with Crippen molar-refractivity contribution < 1.29 is 0 Å². The van der Waals surface area contributed by atoms with Gasteiger partial charge < -0.3 is 0 Å². The quantitative estimate of drug-likeness (QED) is 0.108. The molecule has 12 rings (SSSR count). The van der Waals surface area contributed by atoms with Crippen LogP contribution < -0.4 is 52.8 Å². The average molecular weight is 1290 g/mol. The van der Waals surface area contributed by atoms with Gasteiger partial charge in [-0.3, -0.25) is 0 Å². The van der Waals surface area contributed by atoms with Crippen LogP contribution in [0.25, 0.3) is 0 Å². The summed E-state index contributed by atoms with van der Waals surface area (Å²) in [5, 5.41) is 0. The van der Waals surface area contributed by atoms with Crippen molar-refractivity contribution in [1.82, 2.24) is 0 Å². The normalized spacial score (nSPS) is 10.2. The van der Waals surface area contributed by atoms with Gasteiger partial charge in [0.05, 0.1) is 0 Å². The van der Waals surface area contributed by atoms with Crippen LogP contribution in [0, 0.1) is 0 Å². The van der Waals surface area contributed by atoms with E-state index in [1.54, 1.807) is 0 Å². The molecule has 12 aromatic carbocycles. The minimum absolute atomic E-state index is 0.108. The van der Waals surface area contributed by atoms with Gasteiger partial charge in [-0.2, -0.15) is 0 Å². The summed E-state index contributed by atoms with van der Waals surface area (Å²) in [4.78, 5) is 0. The topological polar surface area (TPSA) is 0 Å². The molecule has 0 N–H and O–H groups in total. The first-order chi connectivity index (χ1) is 38.2.